The predicted molar refractivity (Wildman–Crippen MR) is 79.3 cm³/mol. The monoisotopic (exact) mass is 297 g/mol. The van der Waals surface area contributed by atoms with Gasteiger partial charge in [-0.1, -0.05) is 11.6 Å². The molecule has 2 N–H and O–H groups in total. The molecule has 0 bridgehead atoms. The van der Waals surface area contributed by atoms with Crippen LogP contribution < -0.4 is 10.6 Å². The van der Waals surface area contributed by atoms with Crippen LogP contribution in [0.2, 0.25) is 5.02 Å². The minimum absolute atomic E-state index is 0.176. The van der Waals surface area contributed by atoms with Gasteiger partial charge < -0.3 is 15.4 Å². The second-order valence-corrected chi connectivity index (χ2v) is 5.24. The molecule has 1 amide bonds. The molecular weight excluding hydrogens is 278 g/mol. The molecule has 1 aliphatic rings. The molecule has 5 nitrogen and oxygen atoms in total. The molecule has 2 heterocycles. The quantitative estimate of drug-likeness (QED) is 0.876. The van der Waals surface area contributed by atoms with Crippen molar-refractivity contribution in [3.8, 4) is 0 Å². The van der Waals surface area contributed by atoms with E-state index in [1.54, 1.807) is 13.1 Å². The Balaban J connectivity index is 1.84. The summed E-state index contributed by atoms with van der Waals surface area (Å²) in [5.41, 5.74) is 0.440. The lowest BCUT2D eigenvalue weighted by molar-refractivity contribution is 0.0117. The van der Waals surface area contributed by atoms with Crippen molar-refractivity contribution >= 4 is 23.3 Å². The zero-order chi connectivity index (χ0) is 14.4. The van der Waals surface area contributed by atoms with Crippen molar-refractivity contribution in [3.63, 3.8) is 0 Å². The van der Waals surface area contributed by atoms with Crippen LogP contribution >= 0.6 is 11.6 Å². The summed E-state index contributed by atoms with van der Waals surface area (Å²) in [6, 6.07) is 1.65. The van der Waals surface area contributed by atoms with E-state index in [1.165, 1.54) is 12.6 Å². The number of nitrogens with zero attached hydrogens (tertiary/aromatic N) is 1. The minimum Gasteiger partial charge on any atom is -0.378 e. The smallest absolute Gasteiger partial charge is 0.252 e. The number of carbonyl (C=O) groups is 1. The molecule has 1 unspecified atom stereocenters. The van der Waals surface area contributed by atoms with Crippen LogP contribution in [0.15, 0.2) is 12.3 Å². The Labute approximate surface area is 124 Å². The van der Waals surface area contributed by atoms with Crippen LogP contribution in [0.1, 0.15) is 36.0 Å². The molecule has 6 heteroatoms. The molecule has 1 aromatic rings. The zero-order valence-electron chi connectivity index (χ0n) is 11.6. The summed E-state index contributed by atoms with van der Waals surface area (Å²) in [7, 11) is 1.75. The first kappa shape index (κ1) is 15.1. The van der Waals surface area contributed by atoms with Gasteiger partial charge in [-0.25, -0.2) is 4.98 Å². The topological polar surface area (TPSA) is 63.2 Å². The Morgan fingerprint density at radius 3 is 3.10 bits per heavy atom. The summed E-state index contributed by atoms with van der Waals surface area (Å²) in [4.78, 5) is 16.1. The van der Waals surface area contributed by atoms with Crippen LogP contribution in [-0.4, -0.2) is 37.2 Å². The third-order valence-corrected chi connectivity index (χ3v) is 3.68. The van der Waals surface area contributed by atoms with Gasteiger partial charge in [0.2, 0.25) is 0 Å². The number of anilines is 1. The maximum atomic E-state index is 12.1. The fourth-order valence-electron chi connectivity index (χ4n) is 2.23. The van der Waals surface area contributed by atoms with Crippen LogP contribution in [0.25, 0.3) is 0 Å². The number of hydrogen-bond donors (Lipinski definition) is 2. The summed E-state index contributed by atoms with van der Waals surface area (Å²) in [5.74, 6) is 0.444. The Hall–Kier alpha value is -1.33. The largest absolute Gasteiger partial charge is 0.378 e. The number of amides is 1. The van der Waals surface area contributed by atoms with Crippen molar-refractivity contribution in [2.45, 2.75) is 31.8 Å². The fraction of sp³-hybridized carbons (Fsp3) is 0.571. The van der Waals surface area contributed by atoms with E-state index in [-0.39, 0.29) is 12.0 Å². The zero-order valence-corrected chi connectivity index (χ0v) is 12.4. The van der Waals surface area contributed by atoms with Gasteiger partial charge in [0.15, 0.2) is 0 Å². The maximum absolute atomic E-state index is 12.1. The molecular formula is C14H20ClN3O2. The number of carbonyl (C=O) groups excluding carboxylic acids is 1. The summed E-state index contributed by atoms with van der Waals surface area (Å²) >= 11 is 6.00. The lowest BCUT2D eigenvalue weighted by Crippen LogP contribution is -2.29. The first-order valence-corrected chi connectivity index (χ1v) is 7.31. The van der Waals surface area contributed by atoms with Crippen molar-refractivity contribution in [1.29, 1.82) is 0 Å². The van der Waals surface area contributed by atoms with Crippen LogP contribution in [0, 0.1) is 0 Å². The van der Waals surface area contributed by atoms with E-state index in [0.29, 0.717) is 22.9 Å². The van der Waals surface area contributed by atoms with Gasteiger partial charge in [0.1, 0.15) is 5.82 Å². The molecule has 110 valence electrons. The van der Waals surface area contributed by atoms with Crippen molar-refractivity contribution in [1.82, 2.24) is 10.3 Å². The van der Waals surface area contributed by atoms with Crippen LogP contribution in [0.4, 0.5) is 5.82 Å². The van der Waals surface area contributed by atoms with E-state index >= 15 is 0 Å². The summed E-state index contributed by atoms with van der Waals surface area (Å²) in [6.45, 7) is 1.43. The van der Waals surface area contributed by atoms with Crippen molar-refractivity contribution in [2.75, 3.05) is 25.5 Å². The molecule has 20 heavy (non-hydrogen) atoms. The number of pyridine rings is 1. The third-order valence-electron chi connectivity index (χ3n) is 3.38. The van der Waals surface area contributed by atoms with Crippen molar-refractivity contribution in [3.05, 3.63) is 22.8 Å². The molecule has 0 saturated carbocycles. The van der Waals surface area contributed by atoms with E-state index in [0.717, 1.165) is 25.9 Å². The highest BCUT2D eigenvalue weighted by Crippen LogP contribution is 2.18. The fourth-order valence-corrected chi connectivity index (χ4v) is 2.42. The molecule has 1 fully saturated rings. The average Bonchev–Trinajstić information content (AvgIpc) is 2.48. The molecule has 0 aliphatic carbocycles. The van der Waals surface area contributed by atoms with Gasteiger partial charge in [-0.15, -0.1) is 0 Å². The Morgan fingerprint density at radius 2 is 2.40 bits per heavy atom. The van der Waals surface area contributed by atoms with Gasteiger partial charge in [0.05, 0.1) is 16.7 Å². The first-order chi connectivity index (χ1) is 9.70. The molecule has 0 aromatic carbocycles. The van der Waals surface area contributed by atoms with Crippen LogP contribution in [0.5, 0.6) is 0 Å². The number of ether oxygens (including phenoxy) is 1. The van der Waals surface area contributed by atoms with Gasteiger partial charge in [0.25, 0.3) is 5.91 Å². The van der Waals surface area contributed by atoms with Gasteiger partial charge in [-0.05, 0) is 31.7 Å². The Bertz CT molecular complexity index is 462. The number of halogens is 1. The maximum Gasteiger partial charge on any atom is 0.252 e. The second kappa shape index (κ2) is 7.45. The van der Waals surface area contributed by atoms with E-state index in [4.69, 9.17) is 16.3 Å². The molecule has 1 saturated heterocycles. The predicted octanol–water partition coefficient (Wildman–Crippen LogP) is 2.47. The summed E-state index contributed by atoms with van der Waals surface area (Å²) in [6.07, 6.45) is 6.02. The van der Waals surface area contributed by atoms with E-state index < -0.39 is 0 Å². The number of aromatic nitrogens is 1. The molecule has 0 radical (unpaired) electrons. The van der Waals surface area contributed by atoms with E-state index in [1.807, 2.05) is 0 Å². The van der Waals surface area contributed by atoms with Gasteiger partial charge >= 0.3 is 0 Å². The number of rotatable bonds is 5. The summed E-state index contributed by atoms with van der Waals surface area (Å²) < 4.78 is 5.63. The molecule has 2 rings (SSSR count). The number of hydrogen-bond acceptors (Lipinski definition) is 4. The third kappa shape index (κ3) is 4.08. The van der Waals surface area contributed by atoms with Crippen molar-refractivity contribution in [2.24, 2.45) is 0 Å². The molecule has 1 atom stereocenters. The molecule has 0 spiro atoms. The minimum atomic E-state index is -0.176. The lowest BCUT2D eigenvalue weighted by Gasteiger charge is -2.22. The normalized spacial score (nSPS) is 18.6. The highest BCUT2D eigenvalue weighted by molar-refractivity contribution is 6.33. The highest BCUT2D eigenvalue weighted by atomic mass is 35.5. The molecule has 1 aromatic heterocycles. The van der Waals surface area contributed by atoms with E-state index in [2.05, 4.69) is 15.6 Å². The van der Waals surface area contributed by atoms with Gasteiger partial charge in [-0.2, -0.15) is 0 Å². The van der Waals surface area contributed by atoms with Crippen LogP contribution in [-0.2, 0) is 4.74 Å². The van der Waals surface area contributed by atoms with Gasteiger partial charge in [-0.3, -0.25) is 4.79 Å². The Kier molecular flexibility index (Phi) is 5.61. The van der Waals surface area contributed by atoms with Gasteiger partial charge in [0, 0.05) is 26.4 Å². The summed E-state index contributed by atoms with van der Waals surface area (Å²) in [5, 5.41) is 6.12. The van der Waals surface area contributed by atoms with Crippen LogP contribution in [0.3, 0.4) is 0 Å². The average molecular weight is 298 g/mol. The van der Waals surface area contributed by atoms with E-state index in [9.17, 15) is 4.79 Å². The lowest BCUT2D eigenvalue weighted by atomic mass is 10.1. The van der Waals surface area contributed by atoms with Crippen molar-refractivity contribution < 1.29 is 9.53 Å². The second-order valence-electron chi connectivity index (χ2n) is 4.83. The SMILES string of the molecule is CNc1cc(C(=O)NCCC2CCCCO2)c(Cl)cn1. The highest BCUT2D eigenvalue weighted by Gasteiger charge is 2.15. The Morgan fingerprint density at radius 1 is 1.55 bits per heavy atom. The first-order valence-electron chi connectivity index (χ1n) is 6.94. The molecule has 1 aliphatic heterocycles. The number of nitrogens with one attached hydrogen (secondary N) is 2. The standard InChI is InChI=1S/C14H20ClN3O2/c1-16-13-8-11(12(15)9-18-13)14(19)17-6-5-10-4-2-3-7-20-10/h8-10H,2-7H2,1H3,(H,16,18)(H,17,19).